The van der Waals surface area contributed by atoms with Gasteiger partial charge in [0.25, 0.3) is 5.91 Å². The van der Waals surface area contributed by atoms with Crippen molar-refractivity contribution in [1.29, 1.82) is 0 Å². The molecule has 0 saturated heterocycles. The number of hydrogen-bond acceptors (Lipinski definition) is 5. The summed E-state index contributed by atoms with van der Waals surface area (Å²) in [7, 11) is 1.47. The molecular formula is C14H21N3O3. The van der Waals surface area contributed by atoms with Crippen molar-refractivity contribution in [1.82, 2.24) is 10.7 Å². The summed E-state index contributed by atoms with van der Waals surface area (Å²) in [6.45, 7) is 6.08. The molecule has 0 bridgehead atoms. The topological polar surface area (TPSA) is 83.0 Å². The van der Waals surface area contributed by atoms with Crippen molar-refractivity contribution in [3.63, 3.8) is 0 Å². The second-order valence-electron chi connectivity index (χ2n) is 5.29. The smallest absolute Gasteiger partial charge is 0.254 e. The average Bonchev–Trinajstić information content (AvgIpc) is 2.37. The van der Waals surface area contributed by atoms with Crippen molar-refractivity contribution in [2.24, 2.45) is 5.10 Å². The van der Waals surface area contributed by atoms with Gasteiger partial charge in [0, 0.05) is 11.1 Å². The highest BCUT2D eigenvalue weighted by atomic mass is 16.5. The molecule has 0 aliphatic carbocycles. The van der Waals surface area contributed by atoms with E-state index in [0.717, 1.165) is 0 Å². The first-order valence-electron chi connectivity index (χ1n) is 6.26. The van der Waals surface area contributed by atoms with Gasteiger partial charge in [-0.3, -0.25) is 4.79 Å². The highest BCUT2D eigenvalue weighted by Crippen LogP contribution is 2.27. The van der Waals surface area contributed by atoms with Crippen LogP contribution in [0.4, 0.5) is 0 Å². The van der Waals surface area contributed by atoms with Crippen LogP contribution in [0.25, 0.3) is 0 Å². The van der Waals surface area contributed by atoms with Gasteiger partial charge in [0.05, 0.1) is 19.9 Å². The molecule has 20 heavy (non-hydrogen) atoms. The fourth-order valence-electron chi connectivity index (χ4n) is 1.37. The number of nitrogens with one attached hydrogen (secondary N) is 2. The Kier molecular flexibility index (Phi) is 5.52. The van der Waals surface area contributed by atoms with E-state index < -0.39 is 0 Å². The van der Waals surface area contributed by atoms with Crippen molar-refractivity contribution >= 4 is 12.1 Å². The van der Waals surface area contributed by atoms with E-state index in [4.69, 9.17) is 4.74 Å². The third-order valence-electron chi connectivity index (χ3n) is 2.42. The third kappa shape index (κ3) is 5.27. The normalized spacial score (nSPS) is 11.6. The van der Waals surface area contributed by atoms with E-state index in [0.29, 0.717) is 11.3 Å². The SMILES string of the molecule is COc1cccc(/C=N\NC(=O)CNC(C)(C)C)c1O. The summed E-state index contributed by atoms with van der Waals surface area (Å²) in [6.07, 6.45) is 1.37. The van der Waals surface area contributed by atoms with Gasteiger partial charge in [-0.05, 0) is 32.9 Å². The van der Waals surface area contributed by atoms with Gasteiger partial charge in [-0.1, -0.05) is 6.07 Å². The monoisotopic (exact) mass is 279 g/mol. The maximum Gasteiger partial charge on any atom is 0.254 e. The molecule has 0 saturated carbocycles. The van der Waals surface area contributed by atoms with E-state index in [1.165, 1.54) is 13.3 Å². The first-order valence-corrected chi connectivity index (χ1v) is 6.26. The largest absolute Gasteiger partial charge is 0.504 e. The second kappa shape index (κ2) is 6.91. The van der Waals surface area contributed by atoms with Crippen LogP contribution >= 0.6 is 0 Å². The molecular weight excluding hydrogens is 258 g/mol. The molecule has 0 atom stereocenters. The van der Waals surface area contributed by atoms with Gasteiger partial charge in [0.2, 0.25) is 0 Å². The van der Waals surface area contributed by atoms with Crippen LogP contribution in [0.1, 0.15) is 26.3 Å². The predicted molar refractivity (Wildman–Crippen MR) is 78.2 cm³/mol. The first kappa shape index (κ1) is 16.0. The molecule has 0 radical (unpaired) electrons. The highest BCUT2D eigenvalue weighted by Gasteiger charge is 2.10. The minimum atomic E-state index is -0.251. The summed E-state index contributed by atoms with van der Waals surface area (Å²) in [5.41, 5.74) is 2.72. The molecule has 1 aromatic carbocycles. The number of phenolic OH excluding ortho intramolecular Hbond substituents is 1. The summed E-state index contributed by atoms with van der Waals surface area (Å²) in [4.78, 5) is 11.5. The quantitative estimate of drug-likeness (QED) is 0.559. The van der Waals surface area contributed by atoms with Crippen molar-refractivity contribution in [3.05, 3.63) is 23.8 Å². The lowest BCUT2D eigenvalue weighted by molar-refractivity contribution is -0.120. The van der Waals surface area contributed by atoms with Crippen molar-refractivity contribution in [3.8, 4) is 11.5 Å². The molecule has 0 heterocycles. The molecule has 0 spiro atoms. The van der Waals surface area contributed by atoms with Gasteiger partial charge in [-0.15, -0.1) is 0 Å². The number of amides is 1. The molecule has 6 nitrogen and oxygen atoms in total. The van der Waals surface area contributed by atoms with Crippen LogP contribution in [-0.4, -0.2) is 36.4 Å². The summed E-state index contributed by atoms with van der Waals surface area (Å²) >= 11 is 0. The molecule has 0 aliphatic rings. The van der Waals surface area contributed by atoms with Crippen LogP contribution in [0.15, 0.2) is 23.3 Å². The second-order valence-corrected chi connectivity index (χ2v) is 5.29. The van der Waals surface area contributed by atoms with Gasteiger partial charge < -0.3 is 15.2 Å². The number of para-hydroxylation sites is 1. The number of carbonyl (C=O) groups is 1. The maximum atomic E-state index is 11.5. The lowest BCUT2D eigenvalue weighted by Crippen LogP contribution is -2.42. The molecule has 1 amide bonds. The summed E-state index contributed by atoms with van der Waals surface area (Å²) in [5.74, 6) is 0.0917. The standard InChI is InChI=1S/C14H21N3O3/c1-14(2,3)15-9-12(18)17-16-8-10-6-5-7-11(20-4)13(10)19/h5-8,15,19H,9H2,1-4H3,(H,17,18)/b16-8-. The number of benzene rings is 1. The van der Waals surface area contributed by atoms with Gasteiger partial charge in [0.15, 0.2) is 11.5 Å². The van der Waals surface area contributed by atoms with Crippen LogP contribution in [0, 0.1) is 0 Å². The zero-order valence-electron chi connectivity index (χ0n) is 12.2. The third-order valence-corrected chi connectivity index (χ3v) is 2.42. The van der Waals surface area contributed by atoms with Gasteiger partial charge in [0.1, 0.15) is 0 Å². The molecule has 0 fully saturated rings. The van der Waals surface area contributed by atoms with E-state index in [2.05, 4.69) is 15.8 Å². The number of rotatable bonds is 5. The van der Waals surface area contributed by atoms with Crippen LogP contribution in [-0.2, 0) is 4.79 Å². The van der Waals surface area contributed by atoms with E-state index in [1.807, 2.05) is 20.8 Å². The number of phenols is 1. The number of nitrogens with zero attached hydrogens (tertiary/aromatic N) is 1. The average molecular weight is 279 g/mol. The minimum Gasteiger partial charge on any atom is -0.504 e. The van der Waals surface area contributed by atoms with E-state index in [-0.39, 0.29) is 23.7 Å². The Bertz CT molecular complexity index is 493. The minimum absolute atomic E-state index is 0.0131. The van der Waals surface area contributed by atoms with Crippen LogP contribution in [0.2, 0.25) is 0 Å². The number of methoxy groups -OCH3 is 1. The van der Waals surface area contributed by atoms with Crippen LogP contribution in [0.5, 0.6) is 11.5 Å². The molecule has 3 N–H and O–H groups in total. The highest BCUT2D eigenvalue weighted by molar-refractivity contribution is 5.86. The molecule has 110 valence electrons. The van der Waals surface area contributed by atoms with Crippen molar-refractivity contribution in [2.45, 2.75) is 26.3 Å². The fourth-order valence-corrected chi connectivity index (χ4v) is 1.37. The zero-order valence-corrected chi connectivity index (χ0v) is 12.2. The molecule has 1 rings (SSSR count). The number of hydrogen-bond donors (Lipinski definition) is 3. The summed E-state index contributed by atoms with van der Waals surface area (Å²) in [6, 6.07) is 5.03. The number of carbonyl (C=O) groups excluding carboxylic acids is 1. The van der Waals surface area contributed by atoms with Crippen LogP contribution in [0.3, 0.4) is 0 Å². The van der Waals surface area contributed by atoms with Gasteiger partial charge >= 0.3 is 0 Å². The predicted octanol–water partition coefficient (Wildman–Crippen LogP) is 1.24. The molecule has 1 aromatic rings. The number of aromatic hydroxyl groups is 1. The zero-order chi connectivity index (χ0) is 15.2. The van der Waals surface area contributed by atoms with E-state index in [9.17, 15) is 9.90 Å². The lowest BCUT2D eigenvalue weighted by Gasteiger charge is -2.19. The van der Waals surface area contributed by atoms with Crippen molar-refractivity contribution < 1.29 is 14.6 Å². The lowest BCUT2D eigenvalue weighted by atomic mass is 10.1. The number of hydrazone groups is 1. The summed E-state index contributed by atoms with van der Waals surface area (Å²) in [5, 5.41) is 16.7. The fraction of sp³-hybridized carbons (Fsp3) is 0.429. The Morgan fingerprint density at radius 2 is 2.15 bits per heavy atom. The Morgan fingerprint density at radius 3 is 2.75 bits per heavy atom. The molecule has 0 unspecified atom stereocenters. The molecule has 6 heteroatoms. The Balaban J connectivity index is 2.55. The van der Waals surface area contributed by atoms with E-state index in [1.54, 1.807) is 18.2 Å². The van der Waals surface area contributed by atoms with Crippen molar-refractivity contribution in [2.75, 3.05) is 13.7 Å². The Hall–Kier alpha value is -2.08. The Morgan fingerprint density at radius 1 is 1.45 bits per heavy atom. The molecule has 0 aromatic heterocycles. The maximum absolute atomic E-state index is 11.5. The van der Waals surface area contributed by atoms with E-state index >= 15 is 0 Å². The molecule has 0 aliphatic heterocycles. The van der Waals surface area contributed by atoms with Gasteiger partial charge in [-0.25, -0.2) is 5.43 Å². The first-order chi connectivity index (χ1) is 9.33. The number of ether oxygens (including phenoxy) is 1. The van der Waals surface area contributed by atoms with Gasteiger partial charge in [-0.2, -0.15) is 5.10 Å². The summed E-state index contributed by atoms with van der Waals surface area (Å²) < 4.78 is 4.98. The Labute approximate surface area is 118 Å². The van der Waals surface area contributed by atoms with Crippen LogP contribution < -0.4 is 15.5 Å².